The van der Waals surface area contributed by atoms with Crippen molar-refractivity contribution in [2.45, 2.75) is 0 Å². The number of aromatic amines is 1. The second-order valence-electron chi connectivity index (χ2n) is 1.08. The number of nitrogens with zero attached hydrogens (tertiary/aromatic N) is 3. The van der Waals surface area contributed by atoms with Gasteiger partial charge in [0, 0.05) is 0 Å². The highest BCUT2D eigenvalue weighted by atomic mass is 16.1. The fraction of sp³-hybridized carbons (Fsp3) is 0. The molecule has 41 valence electrons. The molecular weight excluding hydrogens is 110 g/mol. The SMILES string of the molecule is [NH]C(=O)c1nnn[nH]1. The predicted molar refractivity (Wildman–Crippen MR) is 21.6 cm³/mol. The van der Waals surface area contributed by atoms with E-state index in [-0.39, 0.29) is 5.82 Å². The first-order chi connectivity index (χ1) is 3.80. The van der Waals surface area contributed by atoms with Crippen LogP contribution in [0.2, 0.25) is 0 Å². The predicted octanol–water partition coefficient (Wildman–Crippen LogP) is -1.38. The number of rotatable bonds is 1. The van der Waals surface area contributed by atoms with E-state index in [1.165, 1.54) is 0 Å². The van der Waals surface area contributed by atoms with Crippen LogP contribution in [0.15, 0.2) is 0 Å². The highest BCUT2D eigenvalue weighted by molar-refractivity contribution is 5.87. The number of tetrazole rings is 1. The Kier molecular flexibility index (Phi) is 0.918. The minimum absolute atomic E-state index is 0.134. The molecule has 0 saturated heterocycles. The second-order valence-corrected chi connectivity index (χ2v) is 1.08. The maximum atomic E-state index is 10.00. The molecule has 0 spiro atoms. The standard InChI is InChI=1S/C2H2N5O/c3-1(8)2-4-6-7-5-2/h3H,(H,4,5,6,7). The van der Waals surface area contributed by atoms with Gasteiger partial charge in [-0.3, -0.25) is 10.5 Å². The molecule has 0 aliphatic heterocycles. The van der Waals surface area contributed by atoms with Gasteiger partial charge in [-0.15, -0.1) is 5.10 Å². The normalized spacial score (nSPS) is 9.00. The van der Waals surface area contributed by atoms with Crippen LogP contribution in [0.4, 0.5) is 0 Å². The lowest BCUT2D eigenvalue weighted by atomic mass is 10.6. The van der Waals surface area contributed by atoms with Crippen molar-refractivity contribution in [3.05, 3.63) is 5.82 Å². The third-order valence-corrected chi connectivity index (χ3v) is 0.560. The summed E-state index contributed by atoms with van der Waals surface area (Å²) in [6.07, 6.45) is 0. The summed E-state index contributed by atoms with van der Waals surface area (Å²) in [4.78, 5) is 10.00. The van der Waals surface area contributed by atoms with Crippen LogP contribution in [0, 0.1) is 0 Å². The van der Waals surface area contributed by atoms with Crippen LogP contribution < -0.4 is 5.73 Å². The quantitative estimate of drug-likeness (QED) is 0.484. The Balaban J connectivity index is 2.93. The maximum Gasteiger partial charge on any atom is 0.308 e. The molecule has 0 aliphatic carbocycles. The molecule has 1 rings (SSSR count). The van der Waals surface area contributed by atoms with Crippen LogP contribution in [-0.4, -0.2) is 26.5 Å². The van der Waals surface area contributed by atoms with Crippen molar-refractivity contribution in [2.75, 3.05) is 0 Å². The zero-order valence-corrected chi connectivity index (χ0v) is 3.75. The molecule has 0 aromatic carbocycles. The first-order valence-corrected chi connectivity index (χ1v) is 1.80. The minimum Gasteiger partial charge on any atom is -0.264 e. The lowest BCUT2D eigenvalue weighted by molar-refractivity contribution is 0.0982. The van der Waals surface area contributed by atoms with Crippen LogP contribution >= 0.6 is 0 Å². The van der Waals surface area contributed by atoms with E-state index in [1.807, 2.05) is 0 Å². The summed E-state index contributed by atoms with van der Waals surface area (Å²) in [5.74, 6) is -1.04. The average molecular weight is 112 g/mol. The first kappa shape index (κ1) is 4.69. The molecule has 0 fully saturated rings. The molecule has 1 radical (unpaired) electrons. The summed E-state index contributed by atoms with van der Waals surface area (Å²) in [5, 5.41) is 11.5. The Morgan fingerprint density at radius 2 is 2.50 bits per heavy atom. The second kappa shape index (κ2) is 1.57. The van der Waals surface area contributed by atoms with Crippen molar-refractivity contribution in [2.24, 2.45) is 0 Å². The van der Waals surface area contributed by atoms with Crippen molar-refractivity contribution in [1.29, 1.82) is 0 Å². The molecular formula is C2H2N5O. The molecule has 0 unspecified atom stereocenters. The van der Waals surface area contributed by atoms with Crippen LogP contribution in [0.3, 0.4) is 0 Å². The lowest BCUT2D eigenvalue weighted by Gasteiger charge is -1.74. The van der Waals surface area contributed by atoms with Gasteiger partial charge in [-0.25, -0.2) is 5.10 Å². The van der Waals surface area contributed by atoms with Crippen LogP contribution in [0.25, 0.3) is 0 Å². The fourth-order valence-corrected chi connectivity index (χ4v) is 0.255. The molecule has 1 amide bonds. The highest BCUT2D eigenvalue weighted by Crippen LogP contribution is 1.77. The number of amides is 1. The van der Waals surface area contributed by atoms with E-state index in [9.17, 15) is 4.79 Å². The van der Waals surface area contributed by atoms with E-state index < -0.39 is 5.91 Å². The average Bonchev–Trinajstić information content (AvgIpc) is 2.12. The third kappa shape index (κ3) is 0.625. The summed E-state index contributed by atoms with van der Waals surface area (Å²) < 4.78 is 0. The van der Waals surface area contributed by atoms with Gasteiger partial charge in [0.05, 0.1) is 0 Å². The van der Waals surface area contributed by atoms with E-state index in [0.29, 0.717) is 0 Å². The van der Waals surface area contributed by atoms with Gasteiger partial charge in [0.25, 0.3) is 0 Å². The Labute approximate surface area is 44.1 Å². The summed E-state index contributed by atoms with van der Waals surface area (Å²) >= 11 is 0. The molecule has 0 saturated carbocycles. The number of nitrogens with one attached hydrogen (secondary N) is 2. The molecule has 1 aromatic heterocycles. The number of H-pyrrole nitrogens is 1. The summed E-state index contributed by atoms with van der Waals surface area (Å²) in [6, 6.07) is 0. The van der Waals surface area contributed by atoms with Gasteiger partial charge in [-0.2, -0.15) is 0 Å². The van der Waals surface area contributed by atoms with E-state index in [0.717, 1.165) is 0 Å². The van der Waals surface area contributed by atoms with E-state index in [2.05, 4.69) is 20.6 Å². The number of carbonyl (C=O) groups excluding carboxylic acids is 1. The van der Waals surface area contributed by atoms with Gasteiger partial charge in [-0.05, 0) is 10.4 Å². The largest absolute Gasteiger partial charge is 0.308 e. The number of carbonyl (C=O) groups is 1. The Hall–Kier alpha value is -1.46. The summed E-state index contributed by atoms with van der Waals surface area (Å²) in [5.41, 5.74) is 6.42. The van der Waals surface area contributed by atoms with E-state index in [1.54, 1.807) is 0 Å². The van der Waals surface area contributed by atoms with Gasteiger partial charge in [0.2, 0.25) is 5.82 Å². The zero-order chi connectivity index (χ0) is 5.98. The molecule has 6 nitrogen and oxygen atoms in total. The monoisotopic (exact) mass is 112 g/mol. The lowest BCUT2D eigenvalue weighted by Crippen LogP contribution is -2.00. The van der Waals surface area contributed by atoms with Crippen LogP contribution in [0.5, 0.6) is 0 Å². The van der Waals surface area contributed by atoms with Crippen molar-refractivity contribution in [3.63, 3.8) is 0 Å². The highest BCUT2D eigenvalue weighted by Gasteiger charge is 2.02. The summed E-state index contributed by atoms with van der Waals surface area (Å²) in [6.45, 7) is 0. The number of hydrogen-bond donors (Lipinski definition) is 1. The molecule has 8 heavy (non-hydrogen) atoms. The first-order valence-electron chi connectivity index (χ1n) is 1.80. The van der Waals surface area contributed by atoms with Gasteiger partial charge >= 0.3 is 5.91 Å². The Morgan fingerprint density at radius 1 is 1.75 bits per heavy atom. The van der Waals surface area contributed by atoms with Crippen LogP contribution in [0.1, 0.15) is 10.6 Å². The number of hydrogen-bond acceptors (Lipinski definition) is 4. The zero-order valence-electron chi connectivity index (χ0n) is 3.75. The smallest absolute Gasteiger partial charge is 0.264 e. The topological polar surface area (TPSA) is 95.3 Å². The van der Waals surface area contributed by atoms with Crippen molar-refractivity contribution in [3.8, 4) is 0 Å². The third-order valence-electron chi connectivity index (χ3n) is 0.560. The van der Waals surface area contributed by atoms with E-state index in [4.69, 9.17) is 5.73 Å². The molecule has 6 heteroatoms. The molecule has 2 N–H and O–H groups in total. The molecule has 1 aromatic rings. The van der Waals surface area contributed by atoms with Crippen molar-refractivity contribution < 1.29 is 4.79 Å². The van der Waals surface area contributed by atoms with Gasteiger partial charge < -0.3 is 0 Å². The molecule has 0 atom stereocenters. The maximum absolute atomic E-state index is 10.00. The Morgan fingerprint density at radius 3 is 2.75 bits per heavy atom. The van der Waals surface area contributed by atoms with Crippen LogP contribution in [-0.2, 0) is 0 Å². The summed E-state index contributed by atoms with van der Waals surface area (Å²) in [7, 11) is 0. The Bertz CT molecular complexity index is 178. The van der Waals surface area contributed by atoms with E-state index >= 15 is 0 Å². The van der Waals surface area contributed by atoms with Crippen molar-refractivity contribution >= 4 is 5.91 Å². The minimum atomic E-state index is -0.907. The molecule has 0 bridgehead atoms. The fourth-order valence-electron chi connectivity index (χ4n) is 0.255. The van der Waals surface area contributed by atoms with Crippen molar-refractivity contribution in [1.82, 2.24) is 26.4 Å². The van der Waals surface area contributed by atoms with Gasteiger partial charge in [-0.1, -0.05) is 0 Å². The van der Waals surface area contributed by atoms with Gasteiger partial charge in [0.15, 0.2) is 0 Å². The van der Waals surface area contributed by atoms with Gasteiger partial charge in [0.1, 0.15) is 0 Å². The number of aromatic nitrogens is 4. The molecule has 1 heterocycles. The molecule has 0 aliphatic rings.